The Morgan fingerprint density at radius 3 is 2.21 bits per heavy atom. The second kappa shape index (κ2) is 12.0. The lowest BCUT2D eigenvalue weighted by atomic mass is 10.1. The number of sulfonamides is 1. The minimum atomic E-state index is -3.74. The normalized spacial score (nSPS) is 12.2. The molecule has 8 heteroatoms. The summed E-state index contributed by atoms with van der Waals surface area (Å²) in [6.45, 7) is 9.78. The lowest BCUT2D eigenvalue weighted by molar-refractivity contribution is -0.139. The Morgan fingerprint density at radius 1 is 1.03 bits per heavy atom. The maximum Gasteiger partial charge on any atom is 0.244 e. The molecular formula is C26H37N3O4S. The SMILES string of the molecule is CCCCNC(=O)C(C)N(Cc1ccccc1C)C(=O)CN(c1cc(C)cc(C)c1)S(C)(=O)=O. The second-order valence-corrected chi connectivity index (χ2v) is 10.8. The van der Waals surface area contributed by atoms with Crippen LogP contribution in [-0.2, 0) is 26.2 Å². The van der Waals surface area contributed by atoms with Crippen LogP contribution in [0.3, 0.4) is 0 Å². The molecule has 186 valence electrons. The van der Waals surface area contributed by atoms with Gasteiger partial charge in [-0.2, -0.15) is 0 Å². The quantitative estimate of drug-likeness (QED) is 0.490. The number of aryl methyl sites for hydroxylation is 3. The first kappa shape index (κ1) is 27.4. The summed E-state index contributed by atoms with van der Waals surface area (Å²) in [5.74, 6) is -0.696. The van der Waals surface area contributed by atoms with E-state index in [1.165, 1.54) is 4.90 Å². The van der Waals surface area contributed by atoms with Gasteiger partial charge in [0.05, 0.1) is 11.9 Å². The Hall–Kier alpha value is -2.87. The van der Waals surface area contributed by atoms with Crippen LogP contribution in [0.5, 0.6) is 0 Å². The number of nitrogens with zero attached hydrogens (tertiary/aromatic N) is 2. The van der Waals surface area contributed by atoms with E-state index in [-0.39, 0.29) is 19.0 Å². The highest BCUT2D eigenvalue weighted by Gasteiger charge is 2.30. The first-order valence-corrected chi connectivity index (χ1v) is 13.5. The number of carbonyl (C=O) groups excluding carboxylic acids is 2. The van der Waals surface area contributed by atoms with Crippen molar-refractivity contribution in [2.45, 2.75) is 60.0 Å². The van der Waals surface area contributed by atoms with Crippen LogP contribution < -0.4 is 9.62 Å². The van der Waals surface area contributed by atoms with Crippen molar-refractivity contribution in [2.24, 2.45) is 0 Å². The number of nitrogens with one attached hydrogen (secondary N) is 1. The molecule has 2 amide bonds. The molecule has 0 aliphatic rings. The lowest BCUT2D eigenvalue weighted by Gasteiger charge is -2.32. The van der Waals surface area contributed by atoms with E-state index < -0.39 is 22.0 Å². The van der Waals surface area contributed by atoms with Crippen LogP contribution in [0.4, 0.5) is 5.69 Å². The zero-order chi connectivity index (χ0) is 25.5. The van der Waals surface area contributed by atoms with Gasteiger partial charge in [-0.1, -0.05) is 43.7 Å². The first-order valence-electron chi connectivity index (χ1n) is 11.6. The van der Waals surface area contributed by atoms with Gasteiger partial charge >= 0.3 is 0 Å². The molecular weight excluding hydrogens is 450 g/mol. The van der Waals surface area contributed by atoms with E-state index in [4.69, 9.17) is 0 Å². The Bertz CT molecular complexity index is 1090. The molecule has 0 saturated carbocycles. The van der Waals surface area contributed by atoms with Crippen molar-refractivity contribution in [2.75, 3.05) is 23.7 Å². The average molecular weight is 488 g/mol. The van der Waals surface area contributed by atoms with Crippen molar-refractivity contribution in [1.29, 1.82) is 0 Å². The van der Waals surface area contributed by atoms with Gasteiger partial charge in [0, 0.05) is 13.1 Å². The highest BCUT2D eigenvalue weighted by atomic mass is 32.2. The molecule has 2 aromatic rings. The van der Waals surface area contributed by atoms with Gasteiger partial charge in [-0.05, 0) is 68.5 Å². The Balaban J connectivity index is 2.39. The van der Waals surface area contributed by atoms with Gasteiger partial charge in [0.2, 0.25) is 21.8 Å². The van der Waals surface area contributed by atoms with Crippen molar-refractivity contribution in [1.82, 2.24) is 10.2 Å². The minimum Gasteiger partial charge on any atom is -0.354 e. The average Bonchev–Trinajstić information content (AvgIpc) is 2.74. The largest absolute Gasteiger partial charge is 0.354 e. The van der Waals surface area contributed by atoms with Crippen LogP contribution >= 0.6 is 0 Å². The van der Waals surface area contributed by atoms with E-state index in [2.05, 4.69) is 5.32 Å². The summed E-state index contributed by atoms with van der Waals surface area (Å²) < 4.78 is 26.5. The fraction of sp³-hybridized carbons (Fsp3) is 0.462. The van der Waals surface area contributed by atoms with Crippen LogP contribution in [0.25, 0.3) is 0 Å². The van der Waals surface area contributed by atoms with Gasteiger partial charge in [-0.15, -0.1) is 0 Å². The zero-order valence-electron chi connectivity index (χ0n) is 21.1. The molecule has 0 aliphatic heterocycles. The van der Waals surface area contributed by atoms with Crippen molar-refractivity contribution in [3.05, 3.63) is 64.7 Å². The molecule has 0 radical (unpaired) electrons. The van der Waals surface area contributed by atoms with Gasteiger partial charge in [-0.3, -0.25) is 13.9 Å². The molecule has 0 aliphatic carbocycles. The molecule has 2 rings (SSSR count). The summed E-state index contributed by atoms with van der Waals surface area (Å²) in [4.78, 5) is 27.9. The molecule has 1 N–H and O–H groups in total. The number of anilines is 1. The molecule has 7 nitrogen and oxygen atoms in total. The Labute approximate surface area is 204 Å². The molecule has 0 heterocycles. The summed E-state index contributed by atoms with van der Waals surface area (Å²) >= 11 is 0. The molecule has 34 heavy (non-hydrogen) atoms. The Morgan fingerprint density at radius 2 is 1.65 bits per heavy atom. The van der Waals surface area contributed by atoms with Crippen LogP contribution in [0.1, 0.15) is 48.9 Å². The molecule has 0 aromatic heterocycles. The van der Waals surface area contributed by atoms with Crippen LogP contribution in [0.15, 0.2) is 42.5 Å². The van der Waals surface area contributed by atoms with Crippen LogP contribution in [0, 0.1) is 20.8 Å². The molecule has 0 fully saturated rings. The summed E-state index contributed by atoms with van der Waals surface area (Å²) in [5.41, 5.74) is 4.13. The maximum absolute atomic E-state index is 13.6. The lowest BCUT2D eigenvalue weighted by Crippen LogP contribution is -2.51. The molecule has 0 saturated heterocycles. The van der Waals surface area contributed by atoms with E-state index in [1.54, 1.807) is 19.1 Å². The third-order valence-electron chi connectivity index (χ3n) is 5.77. The van der Waals surface area contributed by atoms with Crippen LogP contribution in [0.2, 0.25) is 0 Å². The van der Waals surface area contributed by atoms with Crippen molar-refractivity contribution < 1.29 is 18.0 Å². The highest BCUT2D eigenvalue weighted by molar-refractivity contribution is 7.92. The number of benzene rings is 2. The standard InChI is InChI=1S/C26H37N3O4S/c1-7-8-13-27-26(31)22(5)28(17-23-12-10-9-11-21(23)4)25(30)18-29(34(6,32)33)24-15-19(2)14-20(3)16-24/h9-12,14-16,22H,7-8,13,17-18H2,1-6H3,(H,27,31). The summed E-state index contributed by atoms with van der Waals surface area (Å²) in [5, 5.41) is 2.88. The fourth-order valence-electron chi connectivity index (χ4n) is 3.80. The topological polar surface area (TPSA) is 86.8 Å². The van der Waals surface area contributed by atoms with E-state index in [9.17, 15) is 18.0 Å². The van der Waals surface area contributed by atoms with Gasteiger partial charge in [0.1, 0.15) is 12.6 Å². The van der Waals surface area contributed by atoms with E-state index in [0.29, 0.717) is 12.2 Å². The van der Waals surface area contributed by atoms with E-state index in [0.717, 1.165) is 45.7 Å². The maximum atomic E-state index is 13.6. The molecule has 0 spiro atoms. The molecule has 1 atom stereocenters. The number of amides is 2. The van der Waals surface area contributed by atoms with Gasteiger partial charge in [0.25, 0.3) is 0 Å². The first-order chi connectivity index (χ1) is 15.9. The van der Waals surface area contributed by atoms with Crippen molar-refractivity contribution in [3.63, 3.8) is 0 Å². The third-order valence-corrected chi connectivity index (χ3v) is 6.91. The Kier molecular flexibility index (Phi) is 9.67. The number of rotatable bonds is 11. The summed E-state index contributed by atoms with van der Waals surface area (Å²) in [6, 6.07) is 12.3. The van der Waals surface area contributed by atoms with Crippen molar-refractivity contribution >= 4 is 27.5 Å². The summed E-state index contributed by atoms with van der Waals surface area (Å²) in [7, 11) is -3.74. The monoisotopic (exact) mass is 487 g/mol. The molecule has 1 unspecified atom stereocenters. The second-order valence-electron chi connectivity index (χ2n) is 8.88. The zero-order valence-corrected chi connectivity index (χ0v) is 21.9. The number of hydrogen-bond donors (Lipinski definition) is 1. The third kappa shape index (κ3) is 7.58. The number of carbonyl (C=O) groups is 2. The van der Waals surface area contributed by atoms with Gasteiger partial charge in [-0.25, -0.2) is 8.42 Å². The van der Waals surface area contributed by atoms with E-state index in [1.807, 2.05) is 58.0 Å². The predicted octanol–water partition coefficient (Wildman–Crippen LogP) is 3.71. The molecule has 0 bridgehead atoms. The van der Waals surface area contributed by atoms with Crippen molar-refractivity contribution in [3.8, 4) is 0 Å². The highest BCUT2D eigenvalue weighted by Crippen LogP contribution is 2.22. The fourth-order valence-corrected chi connectivity index (χ4v) is 4.63. The smallest absolute Gasteiger partial charge is 0.244 e. The van der Waals surface area contributed by atoms with Gasteiger partial charge < -0.3 is 10.2 Å². The predicted molar refractivity (Wildman–Crippen MR) is 137 cm³/mol. The molecule has 2 aromatic carbocycles. The number of unbranched alkanes of at least 4 members (excludes halogenated alkanes) is 1. The van der Waals surface area contributed by atoms with E-state index >= 15 is 0 Å². The van der Waals surface area contributed by atoms with Crippen LogP contribution in [-0.4, -0.2) is 50.5 Å². The summed E-state index contributed by atoms with van der Waals surface area (Å²) in [6.07, 6.45) is 2.88. The van der Waals surface area contributed by atoms with Gasteiger partial charge in [0.15, 0.2) is 0 Å². The number of hydrogen-bond acceptors (Lipinski definition) is 4. The minimum absolute atomic E-state index is 0.207.